The number of nitriles is 1. The van der Waals surface area contributed by atoms with E-state index in [9.17, 15) is 9.59 Å². The van der Waals surface area contributed by atoms with Crippen LogP contribution in [0.15, 0.2) is 35.3 Å². The van der Waals surface area contributed by atoms with Gasteiger partial charge in [-0.2, -0.15) is 5.26 Å². The predicted molar refractivity (Wildman–Crippen MR) is 81.4 cm³/mol. The molecule has 0 saturated heterocycles. The third kappa shape index (κ3) is 2.93. The summed E-state index contributed by atoms with van der Waals surface area (Å²) in [6.07, 6.45) is 1.49. The maximum atomic E-state index is 12.2. The molecule has 5 nitrogen and oxygen atoms in total. The van der Waals surface area contributed by atoms with Gasteiger partial charge in [0.05, 0.1) is 21.7 Å². The molecule has 0 amide bonds. The van der Waals surface area contributed by atoms with Crippen molar-refractivity contribution in [2.75, 3.05) is 0 Å². The van der Waals surface area contributed by atoms with Crippen molar-refractivity contribution in [3.8, 4) is 6.07 Å². The molecule has 2 aromatic rings. The Labute approximate surface area is 129 Å². The van der Waals surface area contributed by atoms with E-state index < -0.39 is 0 Å². The molecular weight excluding hydrogens is 369 g/mol. The molecule has 0 spiro atoms. The van der Waals surface area contributed by atoms with Crippen LogP contribution in [-0.4, -0.2) is 15.3 Å². The zero-order valence-corrected chi connectivity index (χ0v) is 12.8. The number of hydrogen-bond acceptors (Lipinski definition) is 4. The van der Waals surface area contributed by atoms with Crippen LogP contribution in [0.5, 0.6) is 0 Å². The second-order valence-corrected chi connectivity index (χ2v) is 5.32. The van der Waals surface area contributed by atoms with Crippen molar-refractivity contribution in [1.29, 1.82) is 5.26 Å². The minimum absolute atomic E-state index is 0.0552. The van der Waals surface area contributed by atoms with Gasteiger partial charge in [0.2, 0.25) is 0 Å². The molecule has 0 fully saturated rings. The van der Waals surface area contributed by atoms with Crippen molar-refractivity contribution in [3.05, 3.63) is 61.3 Å². The maximum absolute atomic E-state index is 12.2. The number of aromatic nitrogens is 2. The second kappa shape index (κ2) is 5.96. The molecule has 0 N–H and O–H groups in total. The van der Waals surface area contributed by atoms with Gasteiger partial charge >= 0.3 is 0 Å². The van der Waals surface area contributed by atoms with Gasteiger partial charge in [-0.15, -0.1) is 0 Å². The van der Waals surface area contributed by atoms with Gasteiger partial charge < -0.3 is 0 Å². The van der Waals surface area contributed by atoms with E-state index in [4.69, 9.17) is 5.26 Å². The summed E-state index contributed by atoms with van der Waals surface area (Å²) >= 11 is 1.89. The lowest BCUT2D eigenvalue weighted by Crippen LogP contribution is -2.28. The largest absolute Gasteiger partial charge is 0.292 e. The zero-order chi connectivity index (χ0) is 14.7. The Morgan fingerprint density at radius 3 is 2.65 bits per heavy atom. The number of Topliss-reactive ketones (excluding diaryl/α,β-unsaturated/α-hetero) is 1. The van der Waals surface area contributed by atoms with Crippen LogP contribution in [0.3, 0.4) is 0 Å². The summed E-state index contributed by atoms with van der Waals surface area (Å²) in [5, 5.41) is 8.72. The lowest BCUT2D eigenvalue weighted by atomic mass is 10.1. The van der Waals surface area contributed by atoms with Crippen molar-refractivity contribution in [1.82, 2.24) is 9.55 Å². The van der Waals surface area contributed by atoms with E-state index in [-0.39, 0.29) is 17.9 Å². The van der Waals surface area contributed by atoms with Crippen LogP contribution in [0.2, 0.25) is 0 Å². The Morgan fingerprint density at radius 1 is 1.40 bits per heavy atom. The molecule has 0 atom stereocenters. The normalized spacial score (nSPS) is 10.1. The number of halogens is 1. The number of carbonyl (C=O) groups excluding carboxylic acids is 1. The van der Waals surface area contributed by atoms with Crippen LogP contribution in [0.25, 0.3) is 0 Å². The summed E-state index contributed by atoms with van der Waals surface area (Å²) in [7, 11) is 0. The van der Waals surface area contributed by atoms with Crippen LogP contribution < -0.4 is 5.56 Å². The van der Waals surface area contributed by atoms with Crippen molar-refractivity contribution in [2.45, 2.75) is 13.5 Å². The number of rotatable bonds is 3. The lowest BCUT2D eigenvalue weighted by molar-refractivity contribution is 0.0969. The van der Waals surface area contributed by atoms with Crippen LogP contribution in [0, 0.1) is 21.8 Å². The van der Waals surface area contributed by atoms with E-state index in [0.29, 0.717) is 20.5 Å². The average molecular weight is 379 g/mol. The molecule has 100 valence electrons. The molecule has 20 heavy (non-hydrogen) atoms. The van der Waals surface area contributed by atoms with Crippen LogP contribution in [0.4, 0.5) is 0 Å². The number of benzene rings is 1. The van der Waals surface area contributed by atoms with Crippen molar-refractivity contribution >= 4 is 28.4 Å². The summed E-state index contributed by atoms with van der Waals surface area (Å²) in [6.45, 7) is 1.63. The number of aryl methyl sites for hydroxylation is 1. The minimum Gasteiger partial charge on any atom is -0.292 e. The molecule has 0 radical (unpaired) electrons. The van der Waals surface area contributed by atoms with Crippen LogP contribution in [-0.2, 0) is 6.54 Å². The smallest absolute Gasteiger partial charge is 0.267 e. The van der Waals surface area contributed by atoms with Gasteiger partial charge in [0.15, 0.2) is 5.78 Å². The number of ketones is 1. The molecule has 0 aliphatic heterocycles. The van der Waals surface area contributed by atoms with Crippen LogP contribution >= 0.6 is 22.6 Å². The molecule has 6 heteroatoms. The molecule has 2 rings (SSSR count). The quantitative estimate of drug-likeness (QED) is 0.603. The monoisotopic (exact) mass is 379 g/mol. The van der Waals surface area contributed by atoms with E-state index in [1.165, 1.54) is 10.8 Å². The topological polar surface area (TPSA) is 75.8 Å². The van der Waals surface area contributed by atoms with Crippen molar-refractivity contribution in [3.63, 3.8) is 0 Å². The van der Waals surface area contributed by atoms with E-state index in [0.717, 1.165) is 0 Å². The first-order valence-corrected chi connectivity index (χ1v) is 6.86. The Morgan fingerprint density at radius 2 is 2.05 bits per heavy atom. The summed E-state index contributed by atoms with van der Waals surface area (Å²) in [4.78, 5) is 28.2. The summed E-state index contributed by atoms with van der Waals surface area (Å²) < 4.78 is 1.82. The summed E-state index contributed by atoms with van der Waals surface area (Å²) in [5.74, 6) is 0.306. The molecular formula is C14H10IN3O2. The van der Waals surface area contributed by atoms with E-state index in [2.05, 4.69) is 4.98 Å². The van der Waals surface area contributed by atoms with Gasteiger partial charge in [0.25, 0.3) is 5.56 Å². The first kappa shape index (κ1) is 14.4. The van der Waals surface area contributed by atoms with E-state index >= 15 is 0 Å². The van der Waals surface area contributed by atoms with Gasteiger partial charge in [-0.05, 0) is 41.6 Å². The molecule has 0 aliphatic carbocycles. The summed E-state index contributed by atoms with van der Waals surface area (Å²) in [5.41, 5.74) is 0.736. The number of hydrogen-bond donors (Lipinski definition) is 0. The van der Waals surface area contributed by atoms with Gasteiger partial charge in [-0.3, -0.25) is 14.2 Å². The fourth-order valence-corrected chi connectivity index (χ4v) is 2.13. The summed E-state index contributed by atoms with van der Waals surface area (Å²) in [6, 6.07) is 8.32. The molecule has 1 aromatic heterocycles. The third-order valence-corrected chi connectivity index (χ3v) is 3.58. The molecule has 1 aromatic carbocycles. The first-order chi connectivity index (χ1) is 9.52. The van der Waals surface area contributed by atoms with Gasteiger partial charge in [-0.25, -0.2) is 4.98 Å². The molecule has 0 bridgehead atoms. The Kier molecular flexibility index (Phi) is 4.29. The number of nitrogens with zero attached hydrogens (tertiary/aromatic N) is 3. The third-order valence-electron chi connectivity index (χ3n) is 2.84. The highest BCUT2D eigenvalue weighted by Gasteiger charge is 2.11. The highest BCUT2D eigenvalue weighted by Crippen LogP contribution is 2.06. The maximum Gasteiger partial charge on any atom is 0.267 e. The molecule has 0 saturated carbocycles. The second-order valence-electron chi connectivity index (χ2n) is 4.16. The van der Waals surface area contributed by atoms with Gasteiger partial charge in [0.1, 0.15) is 5.82 Å². The molecule has 1 heterocycles. The Bertz CT molecular complexity index is 757. The minimum atomic E-state index is -0.222. The lowest BCUT2D eigenvalue weighted by Gasteiger charge is -2.08. The molecule has 0 unspecified atom stereocenters. The van der Waals surface area contributed by atoms with E-state index in [1.807, 2.05) is 28.7 Å². The SMILES string of the molecule is Cc1ncc(I)c(=O)n1CC(=O)c1ccc(C#N)cc1. The Balaban J connectivity index is 2.30. The first-order valence-electron chi connectivity index (χ1n) is 5.78. The highest BCUT2D eigenvalue weighted by atomic mass is 127. The number of carbonyl (C=O) groups is 1. The van der Waals surface area contributed by atoms with Crippen molar-refractivity contribution in [2.24, 2.45) is 0 Å². The standard InChI is InChI=1S/C14H10IN3O2/c1-9-17-7-12(15)14(20)18(9)8-13(19)11-4-2-10(6-16)3-5-11/h2-5,7H,8H2,1H3. The van der Waals surface area contributed by atoms with Gasteiger partial charge in [-0.1, -0.05) is 12.1 Å². The highest BCUT2D eigenvalue weighted by molar-refractivity contribution is 14.1. The van der Waals surface area contributed by atoms with Gasteiger partial charge in [0, 0.05) is 11.8 Å². The van der Waals surface area contributed by atoms with E-state index in [1.54, 1.807) is 31.2 Å². The zero-order valence-electron chi connectivity index (χ0n) is 10.6. The van der Waals surface area contributed by atoms with Crippen LogP contribution in [0.1, 0.15) is 21.7 Å². The fourth-order valence-electron chi connectivity index (χ4n) is 1.70. The molecule has 0 aliphatic rings. The average Bonchev–Trinajstić information content (AvgIpc) is 2.47. The Hall–Kier alpha value is -2.01. The predicted octanol–water partition coefficient (Wildman–Crippen LogP) is 1.91. The fraction of sp³-hybridized carbons (Fsp3) is 0.143. The van der Waals surface area contributed by atoms with Crippen molar-refractivity contribution < 1.29 is 4.79 Å².